The zero-order valence-corrected chi connectivity index (χ0v) is 11.4. The predicted molar refractivity (Wildman–Crippen MR) is 71.9 cm³/mol. The normalized spacial score (nSPS) is 11.0. The molecule has 0 aliphatic rings. The molecule has 0 bridgehead atoms. The topological polar surface area (TPSA) is 33.0 Å². The van der Waals surface area contributed by atoms with E-state index in [0.717, 1.165) is 23.8 Å². The average Bonchev–Trinajstić information content (AvgIpc) is 2.44. The molecular formula is C15H9ClF3NO. The van der Waals surface area contributed by atoms with Crippen molar-refractivity contribution in [1.82, 2.24) is 0 Å². The van der Waals surface area contributed by atoms with Crippen molar-refractivity contribution in [2.75, 3.05) is 0 Å². The summed E-state index contributed by atoms with van der Waals surface area (Å²) < 4.78 is 43.1. The van der Waals surface area contributed by atoms with Crippen molar-refractivity contribution >= 4 is 11.6 Å². The molecule has 0 radical (unpaired) electrons. The molecule has 2 aromatic carbocycles. The van der Waals surface area contributed by atoms with E-state index in [9.17, 15) is 13.2 Å². The largest absolute Gasteiger partial charge is 0.488 e. The van der Waals surface area contributed by atoms with Gasteiger partial charge in [0.25, 0.3) is 0 Å². The zero-order valence-electron chi connectivity index (χ0n) is 10.6. The summed E-state index contributed by atoms with van der Waals surface area (Å²) in [6, 6.07) is 11.4. The molecule has 0 aliphatic carbocycles. The third kappa shape index (κ3) is 3.89. The van der Waals surface area contributed by atoms with Crippen LogP contribution in [0, 0.1) is 11.3 Å². The van der Waals surface area contributed by atoms with Crippen molar-refractivity contribution in [3.63, 3.8) is 0 Å². The molecule has 2 nitrogen and oxygen atoms in total. The monoisotopic (exact) mass is 311 g/mol. The van der Waals surface area contributed by atoms with Crippen molar-refractivity contribution in [1.29, 1.82) is 5.26 Å². The summed E-state index contributed by atoms with van der Waals surface area (Å²) in [5.41, 5.74) is -0.285. The predicted octanol–water partition coefficient (Wildman–Crippen LogP) is 4.81. The van der Waals surface area contributed by atoms with Crippen molar-refractivity contribution in [2.24, 2.45) is 0 Å². The first-order chi connectivity index (χ1) is 9.90. The minimum atomic E-state index is -4.49. The number of hydrogen-bond acceptors (Lipinski definition) is 2. The van der Waals surface area contributed by atoms with E-state index in [4.69, 9.17) is 21.6 Å². The molecule has 0 aromatic heterocycles. The lowest BCUT2D eigenvalue weighted by atomic mass is 10.1. The third-order valence-electron chi connectivity index (χ3n) is 2.71. The first kappa shape index (κ1) is 15.2. The molecule has 0 aliphatic heterocycles. The molecule has 0 N–H and O–H groups in total. The second kappa shape index (κ2) is 6.06. The lowest BCUT2D eigenvalue weighted by Crippen LogP contribution is -2.06. The van der Waals surface area contributed by atoms with Crippen molar-refractivity contribution in [3.8, 4) is 11.8 Å². The van der Waals surface area contributed by atoms with Gasteiger partial charge in [0.15, 0.2) is 0 Å². The Balaban J connectivity index is 2.19. The maximum absolute atomic E-state index is 12.6. The van der Waals surface area contributed by atoms with Gasteiger partial charge >= 0.3 is 6.18 Å². The van der Waals surface area contributed by atoms with Crippen molar-refractivity contribution in [3.05, 3.63) is 64.2 Å². The van der Waals surface area contributed by atoms with Crippen LogP contribution in [-0.4, -0.2) is 0 Å². The van der Waals surface area contributed by atoms with E-state index in [0.29, 0.717) is 5.02 Å². The Bertz CT molecular complexity index is 692. The number of ether oxygens (including phenoxy) is 1. The Kier molecular flexibility index (Phi) is 4.39. The van der Waals surface area contributed by atoms with Gasteiger partial charge < -0.3 is 4.74 Å². The van der Waals surface area contributed by atoms with E-state index in [-0.39, 0.29) is 17.9 Å². The number of nitriles is 1. The van der Waals surface area contributed by atoms with Gasteiger partial charge in [-0.05, 0) is 35.9 Å². The van der Waals surface area contributed by atoms with E-state index in [2.05, 4.69) is 0 Å². The summed E-state index contributed by atoms with van der Waals surface area (Å²) in [5, 5.41) is 9.46. The van der Waals surface area contributed by atoms with Gasteiger partial charge in [0.05, 0.1) is 11.1 Å². The smallest absolute Gasteiger partial charge is 0.416 e. The van der Waals surface area contributed by atoms with Gasteiger partial charge in [0.2, 0.25) is 0 Å². The van der Waals surface area contributed by atoms with Crippen LogP contribution in [0.2, 0.25) is 5.02 Å². The van der Waals surface area contributed by atoms with Crippen LogP contribution in [0.4, 0.5) is 13.2 Å². The molecule has 21 heavy (non-hydrogen) atoms. The number of nitrogens with zero attached hydrogens (tertiary/aromatic N) is 1. The summed E-state index contributed by atoms with van der Waals surface area (Å²) in [6.45, 7) is 0.112. The van der Waals surface area contributed by atoms with Gasteiger partial charge in [-0.25, -0.2) is 0 Å². The molecule has 0 heterocycles. The average molecular weight is 312 g/mol. The highest BCUT2D eigenvalue weighted by Crippen LogP contribution is 2.32. The zero-order chi connectivity index (χ0) is 15.5. The van der Waals surface area contributed by atoms with Crippen LogP contribution in [0.5, 0.6) is 5.75 Å². The summed E-state index contributed by atoms with van der Waals surface area (Å²) in [5.74, 6) is 0.102. The molecule has 0 saturated heterocycles. The molecule has 2 rings (SSSR count). The maximum atomic E-state index is 12.6. The third-order valence-corrected chi connectivity index (χ3v) is 2.95. The summed E-state index contributed by atoms with van der Waals surface area (Å²) in [6.07, 6.45) is -4.49. The molecule has 0 saturated carbocycles. The fourth-order valence-corrected chi connectivity index (χ4v) is 1.92. The Morgan fingerprint density at radius 3 is 2.52 bits per heavy atom. The standard InChI is InChI=1S/C15H9ClF3NO/c16-13-3-1-2-10(6-13)9-21-14-5-4-12(15(17,18)19)7-11(14)8-20/h1-7H,9H2. The van der Waals surface area contributed by atoms with Crippen LogP contribution in [-0.2, 0) is 12.8 Å². The molecule has 6 heteroatoms. The van der Waals surface area contributed by atoms with Crippen LogP contribution in [0.1, 0.15) is 16.7 Å². The Morgan fingerprint density at radius 2 is 1.90 bits per heavy atom. The van der Waals surface area contributed by atoms with Gasteiger partial charge in [0.1, 0.15) is 18.4 Å². The van der Waals surface area contributed by atoms with Crippen LogP contribution >= 0.6 is 11.6 Å². The highest BCUT2D eigenvalue weighted by Gasteiger charge is 2.31. The van der Waals surface area contributed by atoms with Gasteiger partial charge in [-0.2, -0.15) is 18.4 Å². The van der Waals surface area contributed by atoms with Crippen molar-refractivity contribution in [2.45, 2.75) is 12.8 Å². The second-order valence-corrected chi connectivity index (χ2v) is 4.68. The van der Waals surface area contributed by atoms with Crippen LogP contribution in [0.3, 0.4) is 0 Å². The summed E-state index contributed by atoms with van der Waals surface area (Å²) >= 11 is 5.82. The number of halogens is 4. The molecule has 0 amide bonds. The Hall–Kier alpha value is -2.19. The van der Waals surface area contributed by atoms with Crippen molar-refractivity contribution < 1.29 is 17.9 Å². The minimum absolute atomic E-state index is 0.102. The van der Waals surface area contributed by atoms with Crippen LogP contribution in [0.25, 0.3) is 0 Å². The van der Waals surface area contributed by atoms with Gasteiger partial charge in [-0.3, -0.25) is 0 Å². The van der Waals surface area contributed by atoms with Crippen LogP contribution < -0.4 is 4.74 Å². The maximum Gasteiger partial charge on any atom is 0.416 e. The molecule has 108 valence electrons. The van der Waals surface area contributed by atoms with Gasteiger partial charge in [0, 0.05) is 5.02 Å². The fourth-order valence-electron chi connectivity index (χ4n) is 1.71. The minimum Gasteiger partial charge on any atom is -0.488 e. The van der Waals surface area contributed by atoms with Crippen LogP contribution in [0.15, 0.2) is 42.5 Å². The second-order valence-electron chi connectivity index (χ2n) is 4.24. The van der Waals surface area contributed by atoms with E-state index in [1.54, 1.807) is 30.3 Å². The molecule has 0 atom stereocenters. The molecule has 0 fully saturated rings. The number of hydrogen-bond donors (Lipinski definition) is 0. The summed E-state index contributed by atoms with van der Waals surface area (Å²) in [4.78, 5) is 0. The van der Waals surface area contributed by atoms with E-state index >= 15 is 0 Å². The quantitative estimate of drug-likeness (QED) is 0.815. The molecule has 0 unspecified atom stereocenters. The van der Waals surface area contributed by atoms with E-state index in [1.165, 1.54) is 0 Å². The SMILES string of the molecule is N#Cc1cc(C(F)(F)F)ccc1OCc1cccc(Cl)c1. The fraction of sp³-hybridized carbons (Fsp3) is 0.133. The first-order valence-corrected chi connectivity index (χ1v) is 6.26. The highest BCUT2D eigenvalue weighted by atomic mass is 35.5. The van der Waals surface area contributed by atoms with Gasteiger partial charge in [-0.15, -0.1) is 0 Å². The number of alkyl halides is 3. The Labute approximate surface area is 124 Å². The van der Waals surface area contributed by atoms with E-state index < -0.39 is 11.7 Å². The number of rotatable bonds is 3. The lowest BCUT2D eigenvalue weighted by molar-refractivity contribution is -0.137. The van der Waals surface area contributed by atoms with Gasteiger partial charge in [-0.1, -0.05) is 23.7 Å². The number of benzene rings is 2. The first-order valence-electron chi connectivity index (χ1n) is 5.89. The Morgan fingerprint density at radius 1 is 1.14 bits per heavy atom. The highest BCUT2D eigenvalue weighted by molar-refractivity contribution is 6.30. The lowest BCUT2D eigenvalue weighted by Gasteiger charge is -2.11. The molecular weight excluding hydrogens is 303 g/mol. The molecule has 0 spiro atoms. The molecule has 2 aromatic rings. The summed E-state index contributed by atoms with van der Waals surface area (Å²) in [7, 11) is 0. The van der Waals surface area contributed by atoms with E-state index in [1.807, 2.05) is 0 Å².